The maximum absolute atomic E-state index is 12.5. The standard InChI is InChI=1S/C9H7ClF3N3O2/c10-3-7(17)16-8(18)15-6-4-14-2-1-5(6)9(11,12)13/h1-2,4H,3H2,(H2,15,16,17,18). The van der Waals surface area contributed by atoms with Gasteiger partial charge in [0.2, 0.25) is 5.91 Å². The van der Waals surface area contributed by atoms with E-state index in [9.17, 15) is 22.8 Å². The van der Waals surface area contributed by atoms with Crippen LogP contribution in [0, 0.1) is 0 Å². The monoisotopic (exact) mass is 281 g/mol. The smallest absolute Gasteiger partial charge is 0.306 e. The minimum absolute atomic E-state index is 0.480. The molecule has 2 N–H and O–H groups in total. The van der Waals surface area contributed by atoms with Crippen molar-refractivity contribution >= 4 is 29.2 Å². The topological polar surface area (TPSA) is 71.1 Å². The van der Waals surface area contributed by atoms with E-state index in [1.54, 1.807) is 5.32 Å². The summed E-state index contributed by atoms with van der Waals surface area (Å²) in [4.78, 5) is 25.4. The highest BCUT2D eigenvalue weighted by Gasteiger charge is 2.33. The lowest BCUT2D eigenvalue weighted by molar-refractivity contribution is -0.137. The number of urea groups is 1. The molecule has 1 heterocycles. The second-order valence-corrected chi connectivity index (χ2v) is 3.32. The van der Waals surface area contributed by atoms with E-state index in [4.69, 9.17) is 11.6 Å². The van der Waals surface area contributed by atoms with Crippen LogP contribution >= 0.6 is 11.6 Å². The predicted molar refractivity (Wildman–Crippen MR) is 57.1 cm³/mol. The summed E-state index contributed by atoms with van der Waals surface area (Å²) in [6, 6.07) is -0.405. The van der Waals surface area contributed by atoms with Gasteiger partial charge in [0.05, 0.1) is 17.4 Å². The number of hydrogen-bond acceptors (Lipinski definition) is 3. The molecule has 0 atom stereocenters. The number of hydrogen-bond donors (Lipinski definition) is 2. The molecule has 0 saturated heterocycles. The van der Waals surface area contributed by atoms with E-state index in [1.807, 2.05) is 5.32 Å². The molecule has 1 aromatic rings. The molecule has 0 fully saturated rings. The summed E-state index contributed by atoms with van der Waals surface area (Å²) in [5.74, 6) is -1.31. The zero-order valence-electron chi connectivity index (χ0n) is 8.71. The molecular weight excluding hydrogens is 275 g/mol. The molecule has 18 heavy (non-hydrogen) atoms. The third-order valence-electron chi connectivity index (χ3n) is 1.75. The zero-order chi connectivity index (χ0) is 13.8. The summed E-state index contributed by atoms with van der Waals surface area (Å²) in [5.41, 5.74) is -1.61. The number of carbonyl (C=O) groups excluding carboxylic acids is 2. The maximum Gasteiger partial charge on any atom is 0.418 e. The van der Waals surface area contributed by atoms with Gasteiger partial charge in [0.25, 0.3) is 0 Å². The van der Waals surface area contributed by atoms with Gasteiger partial charge in [-0.05, 0) is 6.07 Å². The second kappa shape index (κ2) is 5.67. The molecule has 9 heteroatoms. The van der Waals surface area contributed by atoms with Crippen LogP contribution in [0.4, 0.5) is 23.7 Å². The molecule has 0 aliphatic rings. The lowest BCUT2D eigenvalue weighted by Gasteiger charge is -2.12. The van der Waals surface area contributed by atoms with Crippen molar-refractivity contribution in [3.8, 4) is 0 Å². The van der Waals surface area contributed by atoms with E-state index in [2.05, 4.69) is 4.98 Å². The third kappa shape index (κ3) is 3.88. The quantitative estimate of drug-likeness (QED) is 0.814. The second-order valence-electron chi connectivity index (χ2n) is 3.05. The van der Waals surface area contributed by atoms with Crippen molar-refractivity contribution in [3.05, 3.63) is 24.0 Å². The Bertz CT molecular complexity index is 465. The first-order chi connectivity index (χ1) is 8.34. The van der Waals surface area contributed by atoms with Crippen LogP contribution in [0.25, 0.3) is 0 Å². The average molecular weight is 282 g/mol. The summed E-state index contributed by atoms with van der Waals surface area (Å²) in [5, 5.41) is 3.61. The predicted octanol–water partition coefficient (Wildman–Crippen LogP) is 1.99. The first-order valence-electron chi connectivity index (χ1n) is 4.52. The molecule has 0 saturated carbocycles. The van der Waals surface area contributed by atoms with Gasteiger partial charge in [-0.3, -0.25) is 15.1 Å². The van der Waals surface area contributed by atoms with E-state index in [0.29, 0.717) is 6.07 Å². The van der Waals surface area contributed by atoms with Crippen LogP contribution in [0.5, 0.6) is 0 Å². The molecule has 0 radical (unpaired) electrons. The Kier molecular flexibility index (Phi) is 4.49. The molecule has 1 rings (SSSR count). The lowest BCUT2D eigenvalue weighted by Crippen LogP contribution is -2.35. The highest BCUT2D eigenvalue weighted by atomic mass is 35.5. The van der Waals surface area contributed by atoms with Gasteiger partial charge in [0, 0.05) is 6.20 Å². The van der Waals surface area contributed by atoms with Crippen molar-refractivity contribution in [2.75, 3.05) is 11.2 Å². The average Bonchev–Trinajstić information content (AvgIpc) is 2.27. The molecule has 0 aliphatic carbocycles. The Morgan fingerprint density at radius 1 is 1.39 bits per heavy atom. The third-order valence-corrected chi connectivity index (χ3v) is 1.99. The van der Waals surface area contributed by atoms with Crippen LogP contribution in [0.2, 0.25) is 0 Å². The van der Waals surface area contributed by atoms with Gasteiger partial charge in [0.1, 0.15) is 5.88 Å². The fourth-order valence-corrected chi connectivity index (χ4v) is 1.12. The van der Waals surface area contributed by atoms with Crippen molar-refractivity contribution in [1.29, 1.82) is 0 Å². The molecule has 0 bridgehead atoms. The minimum Gasteiger partial charge on any atom is -0.306 e. The number of alkyl halides is 4. The molecule has 0 aromatic carbocycles. The normalized spacial score (nSPS) is 10.9. The van der Waals surface area contributed by atoms with E-state index >= 15 is 0 Å². The summed E-state index contributed by atoms with van der Waals surface area (Å²) in [7, 11) is 0. The van der Waals surface area contributed by atoms with Gasteiger partial charge in [0.15, 0.2) is 0 Å². The van der Waals surface area contributed by atoms with Crippen LogP contribution in [-0.2, 0) is 11.0 Å². The molecule has 98 valence electrons. The number of imide groups is 1. The summed E-state index contributed by atoms with van der Waals surface area (Å²) in [6.07, 6.45) is -2.87. The van der Waals surface area contributed by atoms with Crippen LogP contribution in [0.3, 0.4) is 0 Å². The van der Waals surface area contributed by atoms with Crippen LogP contribution < -0.4 is 10.6 Å². The van der Waals surface area contributed by atoms with Crippen molar-refractivity contribution in [2.45, 2.75) is 6.18 Å². The summed E-state index contributed by atoms with van der Waals surface area (Å²) < 4.78 is 37.6. The Labute approximate surface area is 104 Å². The lowest BCUT2D eigenvalue weighted by atomic mass is 10.2. The molecular formula is C9H7ClF3N3O2. The van der Waals surface area contributed by atoms with Gasteiger partial charge >= 0.3 is 12.2 Å². The number of pyridine rings is 1. The van der Waals surface area contributed by atoms with Crippen LogP contribution in [0.1, 0.15) is 5.56 Å². The summed E-state index contributed by atoms with van der Waals surface area (Å²) >= 11 is 5.12. The number of rotatable bonds is 2. The van der Waals surface area contributed by atoms with Crippen molar-refractivity contribution in [2.24, 2.45) is 0 Å². The highest BCUT2D eigenvalue weighted by molar-refractivity contribution is 6.28. The Hall–Kier alpha value is -1.83. The van der Waals surface area contributed by atoms with Crippen molar-refractivity contribution in [3.63, 3.8) is 0 Å². The Morgan fingerprint density at radius 3 is 2.61 bits per heavy atom. The fraction of sp³-hybridized carbons (Fsp3) is 0.222. The van der Waals surface area contributed by atoms with E-state index in [0.717, 1.165) is 12.4 Å². The van der Waals surface area contributed by atoms with Gasteiger partial charge in [-0.1, -0.05) is 0 Å². The van der Waals surface area contributed by atoms with E-state index < -0.39 is 35.2 Å². The fourth-order valence-electron chi connectivity index (χ4n) is 1.05. The van der Waals surface area contributed by atoms with Gasteiger partial charge < -0.3 is 5.32 Å². The van der Waals surface area contributed by atoms with E-state index in [-0.39, 0.29) is 0 Å². The molecule has 3 amide bonds. The summed E-state index contributed by atoms with van der Waals surface area (Å²) in [6.45, 7) is 0. The molecule has 0 unspecified atom stereocenters. The molecule has 0 aliphatic heterocycles. The number of amides is 3. The molecule has 5 nitrogen and oxygen atoms in total. The van der Waals surface area contributed by atoms with Gasteiger partial charge in [-0.25, -0.2) is 4.79 Å². The first-order valence-corrected chi connectivity index (χ1v) is 5.06. The number of halogens is 4. The van der Waals surface area contributed by atoms with Gasteiger partial charge in [-0.2, -0.15) is 13.2 Å². The first kappa shape index (κ1) is 14.2. The highest BCUT2D eigenvalue weighted by Crippen LogP contribution is 2.33. The largest absolute Gasteiger partial charge is 0.418 e. The van der Waals surface area contributed by atoms with Crippen molar-refractivity contribution < 1.29 is 22.8 Å². The molecule has 0 spiro atoms. The minimum atomic E-state index is -4.64. The van der Waals surface area contributed by atoms with Crippen LogP contribution in [0.15, 0.2) is 18.5 Å². The number of aromatic nitrogens is 1. The van der Waals surface area contributed by atoms with Crippen molar-refractivity contribution in [1.82, 2.24) is 10.3 Å². The zero-order valence-corrected chi connectivity index (χ0v) is 9.47. The number of nitrogens with one attached hydrogen (secondary N) is 2. The Balaban J connectivity index is 2.85. The number of nitrogens with zero attached hydrogens (tertiary/aromatic N) is 1. The number of carbonyl (C=O) groups is 2. The number of anilines is 1. The van der Waals surface area contributed by atoms with Gasteiger partial charge in [-0.15, -0.1) is 11.6 Å². The van der Waals surface area contributed by atoms with E-state index in [1.165, 1.54) is 0 Å². The maximum atomic E-state index is 12.5. The molecule has 1 aromatic heterocycles. The van der Waals surface area contributed by atoms with Crippen LogP contribution in [-0.4, -0.2) is 22.8 Å². The Morgan fingerprint density at radius 2 is 2.06 bits per heavy atom. The SMILES string of the molecule is O=C(CCl)NC(=O)Nc1cnccc1C(F)(F)F.